The summed E-state index contributed by atoms with van der Waals surface area (Å²) in [7, 11) is 2.75. The van der Waals surface area contributed by atoms with Gasteiger partial charge in [-0.3, -0.25) is 24.5 Å². The largest absolute Gasteiger partial charge is 0.497 e. The van der Waals surface area contributed by atoms with Crippen molar-refractivity contribution in [2.24, 2.45) is 5.92 Å². The Labute approximate surface area is 272 Å². The number of amides is 2. The standard InChI is InChI=1S/C35H37N3O9/c1-45-28-13-10-25(11-14-28)23-37-18-6-7-19-47-32-16-12-27(38(43)44)22-29(32)31(39)21-26(20-24-8-4-3-5-9-24)34(41)36-30(35(42)46-2)15-17-33(37)40/h3-14,16,22,26,30H,15,17-21,23H2,1-2H3,(H,36,41)/b7-6-/t26-,30-/m0/s1. The third kappa shape index (κ3) is 9.73. The third-order valence-electron chi connectivity index (χ3n) is 7.76. The molecule has 246 valence electrons. The molecule has 0 aromatic heterocycles. The van der Waals surface area contributed by atoms with E-state index in [4.69, 9.17) is 14.2 Å². The van der Waals surface area contributed by atoms with Gasteiger partial charge in [-0.25, -0.2) is 4.79 Å². The number of hydrogen-bond donors (Lipinski definition) is 1. The lowest BCUT2D eigenvalue weighted by Crippen LogP contribution is -2.45. The van der Waals surface area contributed by atoms with Gasteiger partial charge in [-0.15, -0.1) is 0 Å². The number of fused-ring (bicyclic) bond motifs is 1. The molecule has 12 heteroatoms. The summed E-state index contributed by atoms with van der Waals surface area (Å²) in [5.74, 6) is -2.29. The number of non-ortho nitro benzene ring substituents is 1. The number of nitrogens with zero attached hydrogens (tertiary/aromatic N) is 2. The van der Waals surface area contributed by atoms with Crippen LogP contribution in [-0.4, -0.2) is 66.8 Å². The number of carbonyl (C=O) groups excluding carboxylic acids is 4. The number of ketones is 1. The average Bonchev–Trinajstić information content (AvgIpc) is 3.08. The molecule has 12 nitrogen and oxygen atoms in total. The molecule has 0 unspecified atom stereocenters. The Morgan fingerprint density at radius 3 is 2.43 bits per heavy atom. The van der Waals surface area contributed by atoms with Gasteiger partial charge < -0.3 is 24.4 Å². The number of nitro benzene ring substituents is 1. The summed E-state index contributed by atoms with van der Waals surface area (Å²) < 4.78 is 16.0. The maximum atomic E-state index is 13.7. The molecular weight excluding hydrogens is 606 g/mol. The molecule has 0 bridgehead atoms. The number of esters is 1. The van der Waals surface area contributed by atoms with Gasteiger partial charge in [-0.2, -0.15) is 0 Å². The van der Waals surface area contributed by atoms with Crippen LogP contribution in [-0.2, 0) is 32.1 Å². The smallest absolute Gasteiger partial charge is 0.328 e. The highest BCUT2D eigenvalue weighted by Crippen LogP contribution is 2.28. The van der Waals surface area contributed by atoms with E-state index in [0.717, 1.165) is 17.2 Å². The van der Waals surface area contributed by atoms with E-state index < -0.39 is 34.5 Å². The first-order chi connectivity index (χ1) is 22.7. The van der Waals surface area contributed by atoms with E-state index in [2.05, 4.69) is 5.32 Å². The average molecular weight is 644 g/mol. The van der Waals surface area contributed by atoms with Crippen LogP contribution >= 0.6 is 0 Å². The van der Waals surface area contributed by atoms with Gasteiger partial charge in [0.1, 0.15) is 24.1 Å². The number of hydrogen-bond acceptors (Lipinski definition) is 9. The Balaban J connectivity index is 1.69. The van der Waals surface area contributed by atoms with Crippen LogP contribution in [0.25, 0.3) is 0 Å². The number of carbonyl (C=O) groups is 4. The molecule has 2 atom stereocenters. The number of nitrogens with one attached hydrogen (secondary N) is 1. The number of rotatable bonds is 7. The first-order valence-electron chi connectivity index (χ1n) is 15.1. The zero-order valence-electron chi connectivity index (χ0n) is 26.3. The number of benzene rings is 3. The van der Waals surface area contributed by atoms with E-state index in [1.165, 1.54) is 19.2 Å². The van der Waals surface area contributed by atoms with E-state index >= 15 is 0 Å². The normalized spacial score (nSPS) is 18.6. The molecule has 3 aromatic carbocycles. The fraction of sp³-hybridized carbons (Fsp3) is 0.314. The quantitative estimate of drug-likeness (QED) is 0.170. The van der Waals surface area contributed by atoms with Gasteiger partial charge in [0.15, 0.2) is 5.78 Å². The fourth-order valence-electron chi connectivity index (χ4n) is 5.19. The van der Waals surface area contributed by atoms with Crippen LogP contribution in [0.15, 0.2) is 84.9 Å². The zero-order chi connectivity index (χ0) is 33.8. The Bertz CT molecular complexity index is 1610. The number of ether oxygens (including phenoxy) is 3. The summed E-state index contributed by atoms with van der Waals surface area (Å²) in [5.41, 5.74) is 1.28. The van der Waals surface area contributed by atoms with Crippen LogP contribution in [0.2, 0.25) is 0 Å². The van der Waals surface area contributed by atoms with Gasteiger partial charge in [0, 0.05) is 44.0 Å². The fourth-order valence-corrected chi connectivity index (χ4v) is 5.19. The minimum atomic E-state index is -1.16. The SMILES string of the molecule is COC(=O)[C@@H]1CCC(=O)N(Cc2ccc(OC)cc2)C/C=C\COc2ccc([N+](=O)[O-])cc2C(=O)C[C@H](Cc2ccccc2)C(=O)N1. The molecule has 0 spiro atoms. The highest BCUT2D eigenvalue weighted by Gasteiger charge is 2.30. The minimum Gasteiger partial charge on any atom is -0.497 e. The van der Waals surface area contributed by atoms with Crippen molar-refractivity contribution < 1.29 is 38.3 Å². The summed E-state index contributed by atoms with van der Waals surface area (Å²) in [6.45, 7) is 0.485. The van der Waals surface area contributed by atoms with Crippen molar-refractivity contribution in [3.8, 4) is 11.5 Å². The van der Waals surface area contributed by atoms with Gasteiger partial charge in [0.2, 0.25) is 11.8 Å². The summed E-state index contributed by atoms with van der Waals surface area (Å²) in [6.07, 6.45) is 3.14. The number of Topliss-reactive ketones (excluding diaryl/α,β-unsaturated/α-hetero) is 1. The van der Waals surface area contributed by atoms with Gasteiger partial charge >= 0.3 is 5.97 Å². The second-order valence-electron chi connectivity index (χ2n) is 11.0. The molecule has 0 radical (unpaired) electrons. The minimum absolute atomic E-state index is 0.0149. The van der Waals surface area contributed by atoms with Crippen LogP contribution < -0.4 is 14.8 Å². The summed E-state index contributed by atoms with van der Waals surface area (Å²) in [4.78, 5) is 66.3. The van der Waals surface area contributed by atoms with Gasteiger partial charge in [0.25, 0.3) is 5.69 Å². The van der Waals surface area contributed by atoms with Crippen molar-refractivity contribution in [1.29, 1.82) is 0 Å². The third-order valence-corrected chi connectivity index (χ3v) is 7.76. The second kappa shape index (κ2) is 16.7. The molecule has 4 rings (SSSR count). The van der Waals surface area contributed by atoms with E-state index in [1.807, 2.05) is 30.3 Å². The second-order valence-corrected chi connectivity index (χ2v) is 11.0. The molecule has 0 aliphatic carbocycles. The summed E-state index contributed by atoms with van der Waals surface area (Å²) in [5, 5.41) is 14.3. The molecule has 0 saturated carbocycles. The molecule has 1 N–H and O–H groups in total. The molecule has 0 saturated heterocycles. The molecule has 3 aromatic rings. The van der Waals surface area contributed by atoms with Crippen LogP contribution in [0.1, 0.15) is 40.7 Å². The lowest BCUT2D eigenvalue weighted by atomic mass is 9.90. The molecule has 1 heterocycles. The highest BCUT2D eigenvalue weighted by atomic mass is 16.6. The molecule has 47 heavy (non-hydrogen) atoms. The predicted octanol–water partition coefficient (Wildman–Crippen LogP) is 4.45. The van der Waals surface area contributed by atoms with Crippen LogP contribution in [0.4, 0.5) is 5.69 Å². The van der Waals surface area contributed by atoms with Gasteiger partial charge in [-0.05, 0) is 48.2 Å². The van der Waals surface area contributed by atoms with E-state index in [9.17, 15) is 29.3 Å². The Morgan fingerprint density at radius 2 is 1.74 bits per heavy atom. The van der Waals surface area contributed by atoms with E-state index in [0.29, 0.717) is 5.75 Å². The van der Waals surface area contributed by atoms with E-state index in [-0.39, 0.29) is 68.3 Å². The Morgan fingerprint density at radius 1 is 1.00 bits per heavy atom. The van der Waals surface area contributed by atoms with Crippen LogP contribution in [0.5, 0.6) is 11.5 Å². The van der Waals surface area contributed by atoms with Crippen LogP contribution in [0, 0.1) is 16.0 Å². The molecule has 1 aliphatic heterocycles. The zero-order valence-corrected chi connectivity index (χ0v) is 26.3. The number of methoxy groups -OCH3 is 2. The van der Waals surface area contributed by atoms with Crippen LogP contribution in [0.3, 0.4) is 0 Å². The van der Waals surface area contributed by atoms with Crippen molar-refractivity contribution in [1.82, 2.24) is 10.2 Å². The maximum Gasteiger partial charge on any atom is 0.328 e. The molecular formula is C35H37N3O9. The van der Waals surface area contributed by atoms with E-state index in [1.54, 1.807) is 48.4 Å². The van der Waals surface area contributed by atoms with Crippen molar-refractivity contribution in [2.45, 2.75) is 38.3 Å². The Kier molecular flexibility index (Phi) is 12.2. The predicted molar refractivity (Wildman–Crippen MR) is 172 cm³/mol. The molecule has 0 fully saturated rings. The first kappa shape index (κ1) is 34.4. The van der Waals surface area contributed by atoms with Crippen molar-refractivity contribution >= 4 is 29.3 Å². The maximum absolute atomic E-state index is 13.7. The van der Waals surface area contributed by atoms with Crippen molar-refractivity contribution in [3.63, 3.8) is 0 Å². The molecule has 1 aliphatic rings. The van der Waals surface area contributed by atoms with Crippen molar-refractivity contribution in [3.05, 3.63) is 112 Å². The lowest BCUT2D eigenvalue weighted by Gasteiger charge is -2.24. The van der Waals surface area contributed by atoms with Crippen molar-refractivity contribution in [2.75, 3.05) is 27.4 Å². The number of nitro groups is 1. The first-order valence-corrected chi connectivity index (χ1v) is 15.1. The Hall–Kier alpha value is -5.52. The monoisotopic (exact) mass is 643 g/mol. The van der Waals surface area contributed by atoms with Gasteiger partial charge in [-0.1, -0.05) is 48.5 Å². The highest BCUT2D eigenvalue weighted by molar-refractivity contribution is 6.01. The lowest BCUT2D eigenvalue weighted by molar-refractivity contribution is -0.384. The summed E-state index contributed by atoms with van der Waals surface area (Å²) >= 11 is 0. The van der Waals surface area contributed by atoms with Gasteiger partial charge in [0.05, 0.1) is 24.7 Å². The topological polar surface area (TPSA) is 154 Å². The summed E-state index contributed by atoms with van der Waals surface area (Å²) in [6, 6.07) is 18.9. The molecule has 2 amide bonds.